The Balaban J connectivity index is 2.31. The molecule has 0 atom stereocenters. The summed E-state index contributed by atoms with van der Waals surface area (Å²) >= 11 is 0. The monoisotopic (exact) mass is 331 g/mol. The smallest absolute Gasteiger partial charge is 0.257 e. The topological polar surface area (TPSA) is 60.8 Å². The van der Waals surface area contributed by atoms with Crippen LogP contribution in [0.25, 0.3) is 0 Å². The number of phenolic OH excluding ortho intramolecular Hbond substituents is 2. The molecule has 2 N–H and O–H groups in total. The molecule has 0 saturated heterocycles. The molecule has 128 valence electrons. The van der Waals surface area contributed by atoms with Gasteiger partial charge in [0.15, 0.2) is 0 Å². The molecule has 0 aromatic heterocycles. The zero-order chi connectivity index (χ0) is 17.9. The molecule has 2 rings (SSSR count). The summed E-state index contributed by atoms with van der Waals surface area (Å²) in [5, 5.41) is 20.0. The second-order valence-electron chi connectivity index (χ2n) is 6.03. The number of rotatable bonds is 5. The van der Waals surface area contributed by atoms with Crippen LogP contribution < -0.4 is 0 Å². The van der Waals surface area contributed by atoms with Crippen LogP contribution in [0.4, 0.5) is 4.39 Å². The van der Waals surface area contributed by atoms with Crippen molar-refractivity contribution < 1.29 is 19.4 Å². The third-order valence-corrected chi connectivity index (χ3v) is 3.95. The van der Waals surface area contributed by atoms with Crippen molar-refractivity contribution in [2.75, 3.05) is 6.54 Å². The lowest BCUT2D eigenvalue weighted by Gasteiger charge is -2.22. The summed E-state index contributed by atoms with van der Waals surface area (Å²) in [4.78, 5) is 14.3. The predicted molar refractivity (Wildman–Crippen MR) is 90.7 cm³/mol. The first-order chi connectivity index (χ1) is 11.3. The van der Waals surface area contributed by atoms with Gasteiger partial charge in [-0.15, -0.1) is 0 Å². The average Bonchev–Trinajstić information content (AvgIpc) is 2.53. The number of halogens is 1. The fourth-order valence-electron chi connectivity index (χ4n) is 2.54. The second-order valence-corrected chi connectivity index (χ2v) is 6.03. The van der Waals surface area contributed by atoms with Crippen molar-refractivity contribution in [3.05, 3.63) is 58.9 Å². The quantitative estimate of drug-likeness (QED) is 0.870. The van der Waals surface area contributed by atoms with Crippen LogP contribution in [0.1, 0.15) is 48.2 Å². The molecular weight excluding hydrogens is 309 g/mol. The van der Waals surface area contributed by atoms with Crippen LogP contribution in [0.15, 0.2) is 36.4 Å². The Hall–Kier alpha value is -2.56. The minimum Gasteiger partial charge on any atom is -0.508 e. The van der Waals surface area contributed by atoms with E-state index in [2.05, 4.69) is 0 Å². The van der Waals surface area contributed by atoms with Crippen LogP contribution in [0.2, 0.25) is 0 Å². The number of hydrogen-bond acceptors (Lipinski definition) is 3. The van der Waals surface area contributed by atoms with E-state index in [1.807, 2.05) is 20.8 Å². The number of carbonyl (C=O) groups is 1. The Morgan fingerprint density at radius 3 is 2.29 bits per heavy atom. The molecule has 0 unspecified atom stereocenters. The maximum atomic E-state index is 13.0. The third-order valence-electron chi connectivity index (χ3n) is 3.95. The summed E-state index contributed by atoms with van der Waals surface area (Å²) in [6.45, 7) is 6.38. The summed E-state index contributed by atoms with van der Waals surface area (Å²) < 4.78 is 13.0. The summed E-state index contributed by atoms with van der Waals surface area (Å²) in [6.07, 6.45) is 0. The Morgan fingerprint density at radius 1 is 1.12 bits per heavy atom. The molecule has 0 fully saturated rings. The highest BCUT2D eigenvalue weighted by atomic mass is 19.1. The van der Waals surface area contributed by atoms with Gasteiger partial charge in [0.05, 0.1) is 5.56 Å². The van der Waals surface area contributed by atoms with E-state index in [0.717, 1.165) is 5.56 Å². The third kappa shape index (κ3) is 3.85. The molecule has 1 amide bonds. The number of phenols is 2. The van der Waals surface area contributed by atoms with Crippen molar-refractivity contribution in [2.24, 2.45) is 0 Å². The van der Waals surface area contributed by atoms with E-state index in [9.17, 15) is 19.4 Å². The van der Waals surface area contributed by atoms with Gasteiger partial charge < -0.3 is 15.1 Å². The van der Waals surface area contributed by atoms with Gasteiger partial charge in [-0.05, 0) is 42.2 Å². The molecular formula is C19H22FNO3. The molecule has 0 heterocycles. The first-order valence-electron chi connectivity index (χ1n) is 7.93. The normalized spacial score (nSPS) is 10.9. The van der Waals surface area contributed by atoms with E-state index in [1.54, 1.807) is 17.0 Å². The summed E-state index contributed by atoms with van der Waals surface area (Å²) in [5.74, 6) is -0.920. The van der Waals surface area contributed by atoms with Crippen LogP contribution in [0, 0.1) is 5.82 Å². The van der Waals surface area contributed by atoms with Crippen LogP contribution >= 0.6 is 0 Å². The van der Waals surface area contributed by atoms with Gasteiger partial charge in [0, 0.05) is 19.2 Å². The standard InChI is InChI=1S/C19H22FNO3/c1-4-21(11-13-5-7-14(20)8-6-13)19(24)16-9-15(12(2)3)17(22)10-18(16)23/h5-10,12,22-23H,4,11H2,1-3H3. The molecule has 2 aromatic rings. The van der Waals surface area contributed by atoms with Gasteiger partial charge in [-0.1, -0.05) is 26.0 Å². The SMILES string of the molecule is CCN(Cc1ccc(F)cc1)C(=O)c1cc(C(C)C)c(O)cc1O. The van der Waals surface area contributed by atoms with Gasteiger partial charge in [0.2, 0.25) is 0 Å². The van der Waals surface area contributed by atoms with Crippen LogP contribution in [0.5, 0.6) is 11.5 Å². The van der Waals surface area contributed by atoms with E-state index in [0.29, 0.717) is 18.7 Å². The Labute approximate surface area is 141 Å². The molecule has 0 bridgehead atoms. The Bertz CT molecular complexity index is 726. The maximum absolute atomic E-state index is 13.0. The minimum absolute atomic E-state index is 0.0179. The molecule has 0 aliphatic rings. The Kier molecular flexibility index (Phi) is 5.44. The van der Waals surface area contributed by atoms with E-state index < -0.39 is 0 Å². The van der Waals surface area contributed by atoms with Crippen LogP contribution in [-0.2, 0) is 6.54 Å². The summed E-state index contributed by atoms with van der Waals surface area (Å²) in [6, 6.07) is 8.69. The molecule has 5 heteroatoms. The second kappa shape index (κ2) is 7.34. The van der Waals surface area contributed by atoms with Gasteiger partial charge in [-0.2, -0.15) is 0 Å². The van der Waals surface area contributed by atoms with Gasteiger partial charge in [0.1, 0.15) is 17.3 Å². The minimum atomic E-state index is -0.332. The van der Waals surface area contributed by atoms with E-state index in [4.69, 9.17) is 0 Å². The Morgan fingerprint density at radius 2 is 1.75 bits per heavy atom. The summed E-state index contributed by atoms with van der Waals surface area (Å²) in [5.41, 5.74) is 1.56. The molecule has 0 radical (unpaired) electrons. The number of carbonyl (C=O) groups excluding carboxylic acids is 1. The highest BCUT2D eigenvalue weighted by molar-refractivity contribution is 5.97. The zero-order valence-corrected chi connectivity index (χ0v) is 14.1. The highest BCUT2D eigenvalue weighted by Gasteiger charge is 2.21. The van der Waals surface area contributed by atoms with E-state index in [-0.39, 0.29) is 34.7 Å². The predicted octanol–water partition coefficient (Wildman–Crippen LogP) is 4.02. The first kappa shape index (κ1) is 17.8. The van der Waals surface area contributed by atoms with Crippen LogP contribution in [0.3, 0.4) is 0 Å². The van der Waals surface area contributed by atoms with Crippen molar-refractivity contribution in [1.29, 1.82) is 0 Å². The van der Waals surface area contributed by atoms with Crippen molar-refractivity contribution in [1.82, 2.24) is 4.90 Å². The molecule has 0 aliphatic heterocycles. The fraction of sp³-hybridized carbons (Fsp3) is 0.316. The lowest BCUT2D eigenvalue weighted by molar-refractivity contribution is 0.0749. The maximum Gasteiger partial charge on any atom is 0.257 e. The van der Waals surface area contributed by atoms with Crippen molar-refractivity contribution in [3.63, 3.8) is 0 Å². The van der Waals surface area contributed by atoms with Gasteiger partial charge in [-0.3, -0.25) is 4.79 Å². The van der Waals surface area contributed by atoms with Gasteiger partial charge >= 0.3 is 0 Å². The molecule has 0 spiro atoms. The molecule has 24 heavy (non-hydrogen) atoms. The number of nitrogens with zero attached hydrogens (tertiary/aromatic N) is 1. The van der Waals surface area contributed by atoms with Crippen molar-refractivity contribution in [2.45, 2.75) is 33.2 Å². The zero-order valence-electron chi connectivity index (χ0n) is 14.1. The van der Waals surface area contributed by atoms with Crippen LogP contribution in [-0.4, -0.2) is 27.6 Å². The van der Waals surface area contributed by atoms with E-state index in [1.165, 1.54) is 24.3 Å². The lowest BCUT2D eigenvalue weighted by atomic mass is 9.98. The largest absolute Gasteiger partial charge is 0.508 e. The summed E-state index contributed by atoms with van der Waals surface area (Å²) in [7, 11) is 0. The highest BCUT2D eigenvalue weighted by Crippen LogP contribution is 2.33. The van der Waals surface area contributed by atoms with Gasteiger partial charge in [-0.25, -0.2) is 4.39 Å². The van der Waals surface area contributed by atoms with E-state index >= 15 is 0 Å². The number of aromatic hydroxyl groups is 2. The number of hydrogen-bond donors (Lipinski definition) is 2. The van der Waals surface area contributed by atoms with Crippen molar-refractivity contribution >= 4 is 5.91 Å². The number of benzene rings is 2. The molecule has 0 aliphatic carbocycles. The van der Waals surface area contributed by atoms with Gasteiger partial charge in [0.25, 0.3) is 5.91 Å². The lowest BCUT2D eigenvalue weighted by Crippen LogP contribution is -2.30. The fourth-order valence-corrected chi connectivity index (χ4v) is 2.54. The molecule has 2 aromatic carbocycles. The average molecular weight is 331 g/mol. The molecule has 4 nitrogen and oxygen atoms in total. The number of amides is 1. The molecule has 0 saturated carbocycles. The first-order valence-corrected chi connectivity index (χ1v) is 7.93. The van der Waals surface area contributed by atoms with Crippen molar-refractivity contribution in [3.8, 4) is 11.5 Å².